The molecule has 4 rings (SSSR count). The first-order valence-electron chi connectivity index (χ1n) is 9.36. The molecule has 1 amide bonds. The number of hydrogen-bond acceptors (Lipinski definition) is 7. The van der Waals surface area contributed by atoms with Gasteiger partial charge in [0.2, 0.25) is 5.91 Å². The Morgan fingerprint density at radius 3 is 2.80 bits per heavy atom. The SMILES string of the molecule is C=CC(=O)N1CCC(n2nc(N[C@@H](C)c3c(Cl)cncc3Cl)c3c(N)ncnc32)C1. The summed E-state index contributed by atoms with van der Waals surface area (Å²) in [5.74, 6) is 0.731. The number of pyridine rings is 1. The van der Waals surface area contributed by atoms with E-state index in [1.807, 2.05) is 6.92 Å². The number of halogens is 2. The van der Waals surface area contributed by atoms with Crippen LogP contribution in [0.25, 0.3) is 11.0 Å². The molecule has 4 heterocycles. The number of anilines is 2. The number of nitrogens with one attached hydrogen (secondary N) is 1. The van der Waals surface area contributed by atoms with Crippen molar-refractivity contribution in [3.05, 3.63) is 47.0 Å². The molecule has 0 aliphatic carbocycles. The van der Waals surface area contributed by atoms with Crippen molar-refractivity contribution in [2.75, 3.05) is 24.1 Å². The summed E-state index contributed by atoms with van der Waals surface area (Å²) in [5, 5.41) is 9.57. The number of hydrogen-bond donors (Lipinski definition) is 2. The van der Waals surface area contributed by atoms with E-state index in [9.17, 15) is 4.79 Å². The molecule has 0 radical (unpaired) electrons. The summed E-state index contributed by atoms with van der Waals surface area (Å²) < 4.78 is 1.80. The average Bonchev–Trinajstić information content (AvgIpc) is 3.33. The van der Waals surface area contributed by atoms with Gasteiger partial charge in [0.15, 0.2) is 11.5 Å². The summed E-state index contributed by atoms with van der Waals surface area (Å²) in [4.78, 5) is 26.2. The first-order valence-corrected chi connectivity index (χ1v) is 10.1. The lowest BCUT2D eigenvalue weighted by molar-refractivity contribution is -0.125. The minimum atomic E-state index is -0.276. The minimum Gasteiger partial charge on any atom is -0.383 e. The molecule has 0 aromatic carbocycles. The molecule has 1 unspecified atom stereocenters. The van der Waals surface area contributed by atoms with Crippen molar-refractivity contribution in [3.8, 4) is 0 Å². The van der Waals surface area contributed by atoms with Crippen LogP contribution >= 0.6 is 23.2 Å². The van der Waals surface area contributed by atoms with Crippen LogP contribution in [0.2, 0.25) is 10.0 Å². The molecule has 0 bridgehead atoms. The number of aromatic nitrogens is 5. The Morgan fingerprint density at radius 1 is 1.37 bits per heavy atom. The van der Waals surface area contributed by atoms with E-state index in [0.717, 1.165) is 6.42 Å². The van der Waals surface area contributed by atoms with Gasteiger partial charge in [-0.25, -0.2) is 14.6 Å². The summed E-state index contributed by atoms with van der Waals surface area (Å²) in [7, 11) is 0. The molecule has 3 aromatic heterocycles. The van der Waals surface area contributed by atoms with Crippen molar-refractivity contribution in [2.45, 2.75) is 25.4 Å². The van der Waals surface area contributed by atoms with Crippen molar-refractivity contribution in [3.63, 3.8) is 0 Å². The van der Waals surface area contributed by atoms with Gasteiger partial charge in [-0.1, -0.05) is 29.8 Å². The van der Waals surface area contributed by atoms with Crippen molar-refractivity contribution >= 4 is 51.8 Å². The first-order chi connectivity index (χ1) is 14.4. The average molecular weight is 447 g/mol. The lowest BCUT2D eigenvalue weighted by atomic mass is 10.1. The Kier molecular flexibility index (Phi) is 5.48. The Balaban J connectivity index is 1.71. The normalized spacial score (nSPS) is 17.3. The fraction of sp³-hybridized carbons (Fsp3) is 0.316. The monoisotopic (exact) mass is 446 g/mol. The van der Waals surface area contributed by atoms with Gasteiger partial charge in [0.25, 0.3) is 0 Å². The van der Waals surface area contributed by atoms with E-state index in [1.54, 1.807) is 22.0 Å². The molecule has 156 valence electrons. The van der Waals surface area contributed by atoms with Crippen LogP contribution in [0.3, 0.4) is 0 Å². The molecular formula is C19H20Cl2N8O. The van der Waals surface area contributed by atoms with E-state index < -0.39 is 0 Å². The summed E-state index contributed by atoms with van der Waals surface area (Å²) in [5.41, 5.74) is 7.46. The molecule has 3 aromatic rings. The molecule has 3 N–H and O–H groups in total. The van der Waals surface area contributed by atoms with Crippen molar-refractivity contribution in [2.24, 2.45) is 0 Å². The summed E-state index contributed by atoms with van der Waals surface area (Å²) in [6.45, 7) is 6.61. The van der Waals surface area contributed by atoms with E-state index in [4.69, 9.17) is 34.0 Å². The predicted molar refractivity (Wildman–Crippen MR) is 116 cm³/mol. The Hall–Kier alpha value is -2.91. The molecule has 11 heteroatoms. The topological polar surface area (TPSA) is 115 Å². The maximum absolute atomic E-state index is 12.0. The number of fused-ring (bicyclic) bond motifs is 1. The minimum absolute atomic E-state index is 0.0374. The van der Waals surface area contributed by atoms with E-state index in [1.165, 1.54) is 12.4 Å². The fourth-order valence-corrected chi connectivity index (χ4v) is 4.43. The number of nitrogens with two attached hydrogens (primary N) is 1. The molecule has 1 fully saturated rings. The second kappa shape index (κ2) is 8.08. The van der Waals surface area contributed by atoms with Crippen LogP contribution in [-0.2, 0) is 4.79 Å². The highest BCUT2D eigenvalue weighted by Gasteiger charge is 2.30. The lowest BCUT2D eigenvalue weighted by Crippen LogP contribution is -2.27. The van der Waals surface area contributed by atoms with E-state index in [0.29, 0.717) is 51.4 Å². The van der Waals surface area contributed by atoms with Gasteiger partial charge in [-0.15, -0.1) is 0 Å². The van der Waals surface area contributed by atoms with Gasteiger partial charge in [-0.3, -0.25) is 9.78 Å². The number of carbonyl (C=O) groups is 1. The van der Waals surface area contributed by atoms with E-state index >= 15 is 0 Å². The third kappa shape index (κ3) is 3.54. The summed E-state index contributed by atoms with van der Waals surface area (Å²) in [6, 6.07) is -0.314. The van der Waals surface area contributed by atoms with Gasteiger partial charge in [0, 0.05) is 31.0 Å². The number of nitrogen functional groups attached to an aromatic ring is 1. The van der Waals surface area contributed by atoms with Crippen molar-refractivity contribution in [1.29, 1.82) is 0 Å². The van der Waals surface area contributed by atoms with Crippen molar-refractivity contribution in [1.82, 2.24) is 29.6 Å². The highest BCUT2D eigenvalue weighted by Crippen LogP contribution is 2.35. The zero-order chi connectivity index (χ0) is 21.4. The number of carbonyl (C=O) groups excluding carboxylic acids is 1. The number of amides is 1. The van der Waals surface area contributed by atoms with Gasteiger partial charge in [0.1, 0.15) is 17.5 Å². The summed E-state index contributed by atoms with van der Waals surface area (Å²) in [6.07, 6.45) is 6.55. The number of nitrogens with zero attached hydrogens (tertiary/aromatic N) is 6. The standard InChI is InChI=1S/C19H20Cl2N8O/c1-3-14(30)28-5-4-11(8-28)29-19-16(17(22)24-9-25-19)18(27-29)26-10(2)15-12(20)6-23-7-13(15)21/h3,6-7,9-11H,1,4-5,8H2,2H3,(H,26,27)(H2,22,24,25)/t10-,11?/m0/s1. The molecule has 9 nitrogen and oxygen atoms in total. The molecule has 30 heavy (non-hydrogen) atoms. The quantitative estimate of drug-likeness (QED) is 0.577. The Bertz CT molecular complexity index is 1110. The van der Waals surface area contributed by atoms with Crippen LogP contribution in [-0.4, -0.2) is 48.6 Å². The van der Waals surface area contributed by atoms with E-state index in [2.05, 4.69) is 26.8 Å². The largest absolute Gasteiger partial charge is 0.383 e. The highest BCUT2D eigenvalue weighted by molar-refractivity contribution is 6.35. The maximum atomic E-state index is 12.0. The molecular weight excluding hydrogens is 427 g/mol. The zero-order valence-electron chi connectivity index (χ0n) is 16.2. The van der Waals surface area contributed by atoms with Crippen LogP contribution in [0.15, 0.2) is 31.4 Å². The Morgan fingerprint density at radius 2 is 2.10 bits per heavy atom. The van der Waals surface area contributed by atoms with Crippen LogP contribution in [0, 0.1) is 0 Å². The van der Waals surface area contributed by atoms with Gasteiger partial charge < -0.3 is 16.0 Å². The molecule has 0 spiro atoms. The Labute approximate surface area is 182 Å². The van der Waals surface area contributed by atoms with Crippen LogP contribution in [0.1, 0.15) is 31.0 Å². The molecule has 2 atom stereocenters. The predicted octanol–water partition coefficient (Wildman–Crippen LogP) is 3.24. The maximum Gasteiger partial charge on any atom is 0.246 e. The fourth-order valence-electron chi connectivity index (χ4n) is 3.73. The number of rotatable bonds is 5. The van der Waals surface area contributed by atoms with Gasteiger partial charge in [-0.2, -0.15) is 5.10 Å². The third-order valence-electron chi connectivity index (χ3n) is 5.19. The molecule has 1 aliphatic heterocycles. The summed E-state index contributed by atoms with van der Waals surface area (Å²) >= 11 is 12.6. The van der Waals surface area contributed by atoms with Gasteiger partial charge in [-0.05, 0) is 19.4 Å². The zero-order valence-corrected chi connectivity index (χ0v) is 17.7. The van der Waals surface area contributed by atoms with Gasteiger partial charge >= 0.3 is 0 Å². The number of likely N-dealkylation sites (tertiary alicyclic amines) is 1. The lowest BCUT2D eigenvalue weighted by Gasteiger charge is -2.17. The van der Waals surface area contributed by atoms with Crippen LogP contribution in [0.5, 0.6) is 0 Å². The molecule has 1 saturated heterocycles. The van der Waals surface area contributed by atoms with E-state index in [-0.39, 0.29) is 18.0 Å². The third-order valence-corrected chi connectivity index (χ3v) is 5.79. The first kappa shape index (κ1) is 20.4. The van der Waals surface area contributed by atoms with Crippen molar-refractivity contribution < 1.29 is 4.79 Å². The highest BCUT2D eigenvalue weighted by atomic mass is 35.5. The molecule has 1 aliphatic rings. The smallest absolute Gasteiger partial charge is 0.246 e. The van der Waals surface area contributed by atoms with Crippen LogP contribution in [0.4, 0.5) is 11.6 Å². The second-order valence-corrected chi connectivity index (χ2v) is 7.88. The molecule has 0 saturated carbocycles. The second-order valence-electron chi connectivity index (χ2n) is 7.06. The van der Waals surface area contributed by atoms with Crippen LogP contribution < -0.4 is 11.1 Å². The van der Waals surface area contributed by atoms with Gasteiger partial charge in [0.05, 0.1) is 22.1 Å².